The van der Waals surface area contributed by atoms with Crippen LogP contribution in [0, 0.1) is 11.6 Å². The SMILES string of the molecule is CC(C)(C)OC(=O)NCCCN.CCS(=O)(=O)c1ncc(C(=O)c2cc(F)ccc2OC)c(N)n1.COc1ccc(F)cc1C(=O)c1cnc(NCCCNC(=O)OC(C)(C)C)nc1N. The molecule has 0 bridgehead atoms. The number of carbonyl (C=O) groups is 4. The number of nitrogens with two attached hydrogens (primary N) is 3. The number of amides is 2. The molecule has 0 aliphatic rings. The molecule has 0 saturated carbocycles. The number of benzene rings is 2. The van der Waals surface area contributed by atoms with Crippen molar-refractivity contribution < 1.29 is 55.3 Å². The number of halogens is 2. The summed E-state index contributed by atoms with van der Waals surface area (Å²) in [6.07, 6.45) is 2.78. The first-order valence-electron chi connectivity index (χ1n) is 20.0. The lowest BCUT2D eigenvalue weighted by Crippen LogP contribution is -2.33. The summed E-state index contributed by atoms with van der Waals surface area (Å²) in [5.41, 5.74) is 15.7. The molecule has 65 heavy (non-hydrogen) atoms. The van der Waals surface area contributed by atoms with Gasteiger partial charge in [0.05, 0.1) is 42.2 Å². The lowest BCUT2D eigenvalue weighted by Gasteiger charge is -2.19. The average Bonchev–Trinajstić information content (AvgIpc) is 3.22. The fourth-order valence-corrected chi connectivity index (χ4v) is 5.60. The Kier molecular flexibility index (Phi) is 20.9. The molecule has 0 aliphatic carbocycles. The molecule has 2 aromatic heterocycles. The third-order valence-electron chi connectivity index (χ3n) is 7.93. The van der Waals surface area contributed by atoms with Gasteiger partial charge in [-0.3, -0.25) is 9.59 Å². The van der Waals surface area contributed by atoms with Crippen molar-refractivity contribution in [3.05, 3.63) is 82.7 Å². The Labute approximate surface area is 376 Å². The molecule has 2 amide bonds. The number of hydrogen-bond acceptors (Lipinski definition) is 18. The summed E-state index contributed by atoms with van der Waals surface area (Å²) in [4.78, 5) is 63.2. The number of aromatic nitrogens is 4. The molecule has 0 unspecified atom stereocenters. The summed E-state index contributed by atoms with van der Waals surface area (Å²) in [6.45, 7) is 14.3. The van der Waals surface area contributed by atoms with Gasteiger partial charge in [0.25, 0.3) is 0 Å². The molecule has 0 radical (unpaired) electrons. The van der Waals surface area contributed by atoms with Crippen LogP contribution in [-0.4, -0.2) is 109 Å². The summed E-state index contributed by atoms with van der Waals surface area (Å²) < 4.78 is 70.6. The van der Waals surface area contributed by atoms with Crippen molar-refractivity contribution in [2.24, 2.45) is 5.73 Å². The van der Waals surface area contributed by atoms with Crippen molar-refractivity contribution in [2.45, 2.75) is 77.7 Å². The zero-order valence-corrected chi connectivity index (χ0v) is 38.7. The molecule has 0 aliphatic heterocycles. The Morgan fingerprint density at radius 3 is 1.52 bits per heavy atom. The number of rotatable bonds is 16. The highest BCUT2D eigenvalue weighted by molar-refractivity contribution is 7.91. The van der Waals surface area contributed by atoms with Crippen molar-refractivity contribution in [3.8, 4) is 11.5 Å². The molecule has 2 aromatic carbocycles. The fourth-order valence-electron chi connectivity index (χ4n) is 4.89. The van der Waals surface area contributed by atoms with Crippen molar-refractivity contribution in [1.82, 2.24) is 30.6 Å². The molecule has 0 saturated heterocycles. The summed E-state index contributed by atoms with van der Waals surface area (Å²) in [6, 6.07) is 7.07. The number of methoxy groups -OCH3 is 2. The first kappa shape index (κ1) is 54.4. The van der Waals surface area contributed by atoms with Crippen LogP contribution in [-0.2, 0) is 19.3 Å². The van der Waals surface area contributed by atoms with Crippen LogP contribution < -0.4 is 42.6 Å². The number of ketones is 2. The van der Waals surface area contributed by atoms with Gasteiger partial charge in [-0.2, -0.15) is 4.98 Å². The van der Waals surface area contributed by atoms with Crippen LogP contribution in [0.2, 0.25) is 0 Å². The van der Waals surface area contributed by atoms with Crippen LogP contribution in [0.25, 0.3) is 0 Å². The summed E-state index contributed by atoms with van der Waals surface area (Å²) >= 11 is 0. The van der Waals surface area contributed by atoms with Gasteiger partial charge < -0.3 is 52.1 Å². The summed E-state index contributed by atoms with van der Waals surface area (Å²) in [7, 11) is -0.928. The molecule has 0 atom stereocenters. The van der Waals surface area contributed by atoms with Gasteiger partial charge in [-0.15, -0.1) is 0 Å². The van der Waals surface area contributed by atoms with Crippen LogP contribution >= 0.6 is 0 Å². The third kappa shape index (κ3) is 18.5. The Hall–Kier alpha value is -6.75. The van der Waals surface area contributed by atoms with Crippen molar-refractivity contribution >= 4 is 51.2 Å². The van der Waals surface area contributed by atoms with Crippen LogP contribution in [0.3, 0.4) is 0 Å². The number of sulfone groups is 1. The van der Waals surface area contributed by atoms with E-state index in [1.165, 1.54) is 45.5 Å². The minimum Gasteiger partial charge on any atom is -0.496 e. The number of nitrogens with one attached hydrogen (secondary N) is 3. The van der Waals surface area contributed by atoms with Gasteiger partial charge in [-0.25, -0.2) is 41.7 Å². The van der Waals surface area contributed by atoms with Gasteiger partial charge in [-0.05, 0) is 97.3 Å². The predicted octanol–water partition coefficient (Wildman–Crippen LogP) is 4.86. The van der Waals surface area contributed by atoms with Crippen molar-refractivity contribution in [1.29, 1.82) is 0 Å². The minimum absolute atomic E-state index is 0.0294. The first-order chi connectivity index (χ1) is 30.4. The normalized spacial score (nSPS) is 11.1. The van der Waals surface area contributed by atoms with E-state index in [9.17, 15) is 36.4 Å². The summed E-state index contributed by atoms with van der Waals surface area (Å²) in [5.74, 6) is -2.35. The van der Waals surface area contributed by atoms with Crippen LogP contribution in [0.4, 0.5) is 36.0 Å². The lowest BCUT2D eigenvalue weighted by molar-refractivity contribution is 0.0516. The predicted molar refractivity (Wildman–Crippen MR) is 239 cm³/mol. The Balaban J connectivity index is 0.000000366. The second-order valence-corrected chi connectivity index (χ2v) is 17.6. The monoisotopic (exact) mass is 932 g/mol. The quantitative estimate of drug-likeness (QED) is 0.0497. The largest absolute Gasteiger partial charge is 0.496 e. The molecular weight excluding hydrogens is 875 g/mol. The van der Waals surface area contributed by atoms with E-state index in [1.807, 2.05) is 20.8 Å². The number of nitrogens with zero attached hydrogens (tertiary/aromatic N) is 4. The molecule has 356 valence electrons. The standard InChI is InChI=1S/C20H26FN5O4.C14H14FN3O4S.C8H18N2O2/c1-20(2,3)30-19(28)24-9-5-8-23-18-25-11-14(17(22)26-18)16(27)13-10-12(21)6-7-15(13)29-4;1-3-23(20,21)14-17-7-10(13(16)18-14)12(19)9-6-8(15)4-5-11(9)22-2;1-8(2,3)12-7(11)10-6-4-5-9/h6-7,10-11H,5,8-9H2,1-4H3,(H,24,28)(H3,22,23,25,26);4-7H,3H2,1-2H3,(H2,16,17,18);4-6,9H2,1-3H3,(H,10,11). The molecule has 0 spiro atoms. The van der Waals surface area contributed by atoms with Crippen LogP contribution in [0.1, 0.15) is 93.2 Å². The highest BCUT2D eigenvalue weighted by Crippen LogP contribution is 2.26. The van der Waals surface area contributed by atoms with Gasteiger partial charge >= 0.3 is 12.2 Å². The van der Waals surface area contributed by atoms with Gasteiger partial charge in [0, 0.05) is 32.0 Å². The van der Waals surface area contributed by atoms with E-state index < -0.39 is 55.5 Å². The maximum Gasteiger partial charge on any atom is 0.407 e. The zero-order chi connectivity index (χ0) is 49.1. The smallest absolute Gasteiger partial charge is 0.407 e. The first-order valence-corrected chi connectivity index (χ1v) is 21.6. The number of carbonyl (C=O) groups excluding carboxylic acids is 4. The minimum atomic E-state index is -3.65. The van der Waals surface area contributed by atoms with E-state index in [1.54, 1.807) is 20.8 Å². The van der Waals surface area contributed by atoms with Crippen LogP contribution in [0.15, 0.2) is 53.9 Å². The van der Waals surface area contributed by atoms with Crippen molar-refractivity contribution in [3.63, 3.8) is 0 Å². The second-order valence-electron chi connectivity index (χ2n) is 15.5. The molecule has 2 heterocycles. The number of hydrogen-bond donors (Lipinski definition) is 6. The molecule has 20 nitrogen and oxygen atoms in total. The van der Waals surface area contributed by atoms with E-state index >= 15 is 0 Å². The third-order valence-corrected chi connectivity index (χ3v) is 9.44. The van der Waals surface area contributed by atoms with Crippen molar-refractivity contribution in [2.75, 3.05) is 62.9 Å². The molecule has 9 N–H and O–H groups in total. The van der Waals surface area contributed by atoms with Gasteiger partial charge in [0.1, 0.15) is 46.0 Å². The number of ether oxygens (including phenoxy) is 4. The molecule has 0 fully saturated rings. The van der Waals surface area contributed by atoms with E-state index in [0.29, 0.717) is 32.6 Å². The maximum atomic E-state index is 13.5. The molecule has 4 aromatic rings. The Morgan fingerprint density at radius 2 is 1.12 bits per heavy atom. The average molecular weight is 933 g/mol. The lowest BCUT2D eigenvalue weighted by atomic mass is 10.0. The van der Waals surface area contributed by atoms with Gasteiger partial charge in [0.15, 0.2) is 0 Å². The van der Waals surface area contributed by atoms with Gasteiger partial charge in [-0.1, -0.05) is 6.92 Å². The van der Waals surface area contributed by atoms with Gasteiger partial charge in [0.2, 0.25) is 32.5 Å². The fraction of sp³-hybridized carbons (Fsp3) is 0.429. The zero-order valence-electron chi connectivity index (χ0n) is 37.8. The number of nitrogen functional groups attached to an aromatic ring is 2. The summed E-state index contributed by atoms with van der Waals surface area (Å²) in [5, 5.41) is 7.74. The van der Waals surface area contributed by atoms with E-state index in [4.69, 9.17) is 36.1 Å². The Morgan fingerprint density at radius 1 is 0.677 bits per heavy atom. The van der Waals surface area contributed by atoms with E-state index in [0.717, 1.165) is 30.8 Å². The van der Waals surface area contributed by atoms with E-state index in [-0.39, 0.29) is 63.2 Å². The molecule has 4 rings (SSSR count). The van der Waals surface area contributed by atoms with E-state index in [2.05, 4.69) is 35.9 Å². The molecular formula is C42H58F2N10O10S. The number of alkyl carbamates (subject to hydrolysis) is 2. The van der Waals surface area contributed by atoms with Crippen LogP contribution in [0.5, 0.6) is 11.5 Å². The highest BCUT2D eigenvalue weighted by Gasteiger charge is 2.24. The topological polar surface area (TPSA) is 305 Å². The number of anilines is 3. The second kappa shape index (κ2) is 24.9. The highest BCUT2D eigenvalue weighted by atomic mass is 32.2. The maximum absolute atomic E-state index is 13.5. The molecule has 23 heteroatoms. The Bertz CT molecular complexity index is 2380.